The summed E-state index contributed by atoms with van der Waals surface area (Å²) in [5.74, 6) is 5.26. The fraction of sp³-hybridized carbons (Fsp3) is 0. The van der Waals surface area contributed by atoms with Gasteiger partial charge in [-0.2, -0.15) is 10.5 Å². The van der Waals surface area contributed by atoms with Crippen LogP contribution in [-0.2, 0) is 0 Å². The first kappa shape index (κ1) is 37.6. The van der Waals surface area contributed by atoms with Crippen LogP contribution in [0.2, 0.25) is 0 Å². The van der Waals surface area contributed by atoms with Gasteiger partial charge < -0.3 is 28.7 Å². The average Bonchev–Trinajstić information content (AvgIpc) is 3.39. The highest BCUT2D eigenvalue weighted by Crippen LogP contribution is 2.47. The minimum absolute atomic E-state index is 0.241. The molecule has 6 aliphatic rings. The molecule has 0 unspecified atom stereocenters. The molecule has 6 aliphatic heterocycles. The van der Waals surface area contributed by atoms with Gasteiger partial charge in [0.15, 0.2) is 5.69 Å². The van der Waals surface area contributed by atoms with Gasteiger partial charge in [0.05, 0.1) is 29.8 Å². The first-order valence-electron chi connectivity index (χ1n) is 22.7. The number of hydrogen-bond acceptors (Lipinski definition) is 8. The van der Waals surface area contributed by atoms with Crippen LogP contribution in [0.1, 0.15) is 11.1 Å². The largest absolute Gasteiger partial charge is 0.460 e. The van der Waals surface area contributed by atoms with E-state index >= 15 is 0 Å². The summed E-state index contributed by atoms with van der Waals surface area (Å²) in [6, 6.07) is 61.6. The Labute approximate surface area is 397 Å². The van der Waals surface area contributed by atoms with Crippen molar-refractivity contribution >= 4 is 109 Å². The van der Waals surface area contributed by atoms with Crippen LogP contribution in [0.5, 0.6) is 46.0 Å². The van der Waals surface area contributed by atoms with Gasteiger partial charge in [-0.25, -0.2) is 4.85 Å². The van der Waals surface area contributed by atoms with E-state index in [1.54, 1.807) is 12.1 Å². The lowest BCUT2D eigenvalue weighted by atomic mass is 9.29. The highest BCUT2D eigenvalue weighted by Gasteiger charge is 2.49. The van der Waals surface area contributed by atoms with E-state index in [2.05, 4.69) is 93.5 Å². The summed E-state index contributed by atoms with van der Waals surface area (Å²) in [7, 11) is 0. The summed E-state index contributed by atoms with van der Waals surface area (Å²) in [6.07, 6.45) is 0. The Balaban J connectivity index is 1.03. The summed E-state index contributed by atoms with van der Waals surface area (Å²) in [5.41, 5.74) is 15.7. The van der Waals surface area contributed by atoms with E-state index in [9.17, 15) is 10.5 Å². The van der Waals surface area contributed by atoms with Crippen molar-refractivity contribution in [1.82, 2.24) is 0 Å². The molecular weight excluding hydrogens is 851 g/mol. The molecule has 314 valence electrons. The molecule has 0 radical (unpaired) electrons. The first-order chi connectivity index (χ1) is 34.0. The standard InChI is InChI=1S/C57H28B3N5O4/c1-63-34-24-46-56-54(25-34)67-47-18-10-8-16-37(47)58(56)39-26-42-50(28-43(39)65(46)36-14-6-3-7-15-36)68-51-21-32(30-61)20-45-55(51)60(42)40-27-41-49(29-44(40)64(45)35-12-4-2-5-13-35)69-53-23-33(31-62)22-52-57(53)59(41)38-17-9-11-19-48(38)66-52/h2-29H. The average molecular weight is 879 g/mol. The minimum atomic E-state index is -0.361. The summed E-state index contributed by atoms with van der Waals surface area (Å²) < 4.78 is 27.3. The Hall–Kier alpha value is -9.56. The van der Waals surface area contributed by atoms with E-state index in [1.807, 2.05) is 91.0 Å². The summed E-state index contributed by atoms with van der Waals surface area (Å²) in [5, 5.41) is 20.8. The fourth-order valence-electron chi connectivity index (χ4n) is 11.8. The van der Waals surface area contributed by atoms with Gasteiger partial charge in [-0.15, -0.1) is 0 Å². The van der Waals surface area contributed by atoms with E-state index < -0.39 is 0 Å². The van der Waals surface area contributed by atoms with Crippen LogP contribution >= 0.6 is 0 Å². The SMILES string of the molecule is [C-]#[N+]c1cc2c3c(c1)N(c1ccccc1)c1cc4c(cc1B3c1ccccc1O2)B1c2cc3c(cc2N(c2ccccc2)c2cc(C#N)cc(c21)O4)Oc1cc(C#N)cc2c1B3c1ccccc1O2. The highest BCUT2D eigenvalue weighted by atomic mass is 16.5. The molecule has 15 rings (SSSR count). The van der Waals surface area contributed by atoms with Crippen molar-refractivity contribution in [2.75, 3.05) is 9.80 Å². The number of para-hydroxylation sites is 4. The topological polar surface area (TPSA) is 95.3 Å². The lowest BCUT2D eigenvalue weighted by Crippen LogP contribution is -2.64. The van der Waals surface area contributed by atoms with Crippen LogP contribution in [-0.4, -0.2) is 20.1 Å². The quantitative estimate of drug-likeness (QED) is 0.130. The van der Waals surface area contributed by atoms with Crippen molar-refractivity contribution in [1.29, 1.82) is 10.5 Å². The molecule has 0 atom stereocenters. The molecule has 9 aromatic rings. The van der Waals surface area contributed by atoms with E-state index in [0.717, 1.165) is 94.8 Å². The summed E-state index contributed by atoms with van der Waals surface area (Å²) >= 11 is 0. The predicted molar refractivity (Wildman–Crippen MR) is 272 cm³/mol. The van der Waals surface area contributed by atoms with Gasteiger partial charge in [0.25, 0.3) is 20.1 Å². The van der Waals surface area contributed by atoms with Gasteiger partial charge >= 0.3 is 0 Å². The first-order valence-corrected chi connectivity index (χ1v) is 22.7. The molecule has 0 spiro atoms. The van der Waals surface area contributed by atoms with E-state index in [4.69, 9.17) is 25.5 Å². The van der Waals surface area contributed by atoms with Crippen LogP contribution in [0, 0.1) is 29.2 Å². The molecule has 0 aliphatic carbocycles. The van der Waals surface area contributed by atoms with Crippen molar-refractivity contribution in [2.24, 2.45) is 0 Å². The third-order valence-corrected chi connectivity index (χ3v) is 14.5. The van der Waals surface area contributed by atoms with E-state index in [-0.39, 0.29) is 20.1 Å². The van der Waals surface area contributed by atoms with Gasteiger partial charge in [-0.3, -0.25) is 0 Å². The molecule has 0 fully saturated rings. The Morgan fingerprint density at radius 2 is 0.797 bits per heavy atom. The lowest BCUT2D eigenvalue weighted by molar-refractivity contribution is 0.464. The smallest absolute Gasteiger partial charge is 0.260 e. The lowest BCUT2D eigenvalue weighted by Gasteiger charge is -2.43. The number of hydrogen-bond donors (Lipinski definition) is 0. The second-order valence-electron chi connectivity index (χ2n) is 18.0. The number of ether oxygens (including phenoxy) is 4. The monoisotopic (exact) mass is 879 g/mol. The second kappa shape index (κ2) is 13.7. The molecule has 0 amide bonds. The maximum Gasteiger partial charge on any atom is 0.260 e. The Morgan fingerprint density at radius 3 is 1.32 bits per heavy atom. The minimum Gasteiger partial charge on any atom is -0.460 e. The molecule has 9 aromatic carbocycles. The molecule has 6 heterocycles. The molecule has 0 N–H and O–H groups in total. The van der Waals surface area contributed by atoms with Crippen molar-refractivity contribution in [3.05, 3.63) is 192 Å². The zero-order valence-corrected chi connectivity index (χ0v) is 36.3. The molecule has 0 aromatic heterocycles. The Morgan fingerprint density at radius 1 is 0.377 bits per heavy atom. The van der Waals surface area contributed by atoms with Gasteiger partial charge in [-0.1, -0.05) is 84.9 Å². The van der Waals surface area contributed by atoms with Gasteiger partial charge in [0, 0.05) is 51.7 Å². The zero-order valence-electron chi connectivity index (χ0n) is 36.3. The molecule has 0 saturated heterocycles. The van der Waals surface area contributed by atoms with Crippen LogP contribution in [0.3, 0.4) is 0 Å². The van der Waals surface area contributed by atoms with Gasteiger partial charge in [0.1, 0.15) is 46.0 Å². The van der Waals surface area contributed by atoms with Crippen LogP contribution in [0.4, 0.5) is 39.8 Å². The summed E-state index contributed by atoms with van der Waals surface area (Å²) in [4.78, 5) is 8.36. The fourth-order valence-corrected chi connectivity index (χ4v) is 11.8. The number of benzene rings is 9. The second-order valence-corrected chi connectivity index (χ2v) is 18.0. The molecule has 12 heteroatoms. The van der Waals surface area contributed by atoms with Crippen LogP contribution in [0.15, 0.2) is 170 Å². The maximum absolute atomic E-state index is 10.7. The number of nitriles is 2. The molecule has 69 heavy (non-hydrogen) atoms. The van der Waals surface area contributed by atoms with Crippen LogP contribution < -0.4 is 77.9 Å². The molecule has 9 nitrogen and oxygen atoms in total. The maximum atomic E-state index is 10.7. The van der Waals surface area contributed by atoms with Gasteiger partial charge in [-0.05, 0) is 116 Å². The third kappa shape index (κ3) is 5.13. The number of rotatable bonds is 2. The van der Waals surface area contributed by atoms with Crippen LogP contribution in [0.25, 0.3) is 4.85 Å². The molecule has 0 saturated carbocycles. The summed E-state index contributed by atoms with van der Waals surface area (Å²) in [6.45, 7) is 7.29. The van der Waals surface area contributed by atoms with E-state index in [1.165, 1.54) is 0 Å². The Bertz CT molecular complexity index is 3960. The zero-order chi connectivity index (χ0) is 45.6. The molecule has 0 bridgehead atoms. The van der Waals surface area contributed by atoms with Crippen molar-refractivity contribution < 1.29 is 18.9 Å². The third-order valence-electron chi connectivity index (χ3n) is 14.5. The highest BCUT2D eigenvalue weighted by molar-refractivity contribution is 7.03. The van der Waals surface area contributed by atoms with Crippen molar-refractivity contribution in [3.63, 3.8) is 0 Å². The van der Waals surface area contributed by atoms with Crippen molar-refractivity contribution in [2.45, 2.75) is 0 Å². The molecular formula is C57H28B3N5O4. The number of anilines is 6. The van der Waals surface area contributed by atoms with Gasteiger partial charge in [0.2, 0.25) is 0 Å². The Kier molecular flexibility index (Phi) is 7.50. The number of fused-ring (bicyclic) bond motifs is 12. The van der Waals surface area contributed by atoms with E-state index in [0.29, 0.717) is 51.3 Å². The van der Waals surface area contributed by atoms with Crippen molar-refractivity contribution in [3.8, 4) is 58.1 Å². The predicted octanol–water partition coefficient (Wildman–Crippen LogP) is 7.52. The normalized spacial score (nSPS) is 13.8. The number of nitrogens with zero attached hydrogens (tertiary/aromatic N) is 5.